The van der Waals surface area contributed by atoms with Crippen LogP contribution in [-0.4, -0.2) is 73.5 Å². The van der Waals surface area contributed by atoms with Gasteiger partial charge in [0.05, 0.1) is 27.7 Å². The first-order valence-electron chi connectivity index (χ1n) is 16.8. The molecule has 50 heavy (non-hydrogen) atoms. The summed E-state index contributed by atoms with van der Waals surface area (Å²) in [6.45, 7) is 4.22. The Balaban J connectivity index is 0.838. The highest BCUT2D eigenvalue weighted by Gasteiger charge is 2.23. The normalized spacial score (nSPS) is 14.7. The second-order valence-corrected chi connectivity index (χ2v) is 13.4. The average Bonchev–Trinajstić information content (AvgIpc) is 3.76. The monoisotopic (exact) mass is 693 g/mol. The standard InChI is InChI=1S/C37H39N7O5S/c45-32-11-8-27(28-9-12-34(47)40-35(28)32)33(46)23-38-22-24-7-10-31-30(21-24)41-42-44(31)17-4-16-43-18-13-26(14-19-43)49-37(48)39-29-15-20-50-36(29)25-5-2-1-3-6-25/h1-3,5-12,15,20-21,26,33,38,45-46H,4,13-14,16-19,22-23H2,(H,39,48)(H,40,47)/t33-/m1/s1. The Morgan fingerprint density at radius 3 is 2.72 bits per heavy atom. The number of pyridine rings is 1. The molecule has 1 aliphatic heterocycles. The number of thiophene rings is 1. The number of H-pyrrole nitrogens is 1. The summed E-state index contributed by atoms with van der Waals surface area (Å²) in [7, 11) is 0. The minimum atomic E-state index is -0.837. The summed E-state index contributed by atoms with van der Waals surface area (Å²) in [5.41, 5.74) is 5.25. The molecule has 0 spiro atoms. The fourth-order valence-corrected chi connectivity index (χ4v) is 7.37. The third-order valence-corrected chi connectivity index (χ3v) is 10.1. The van der Waals surface area contributed by atoms with E-state index in [1.54, 1.807) is 23.5 Å². The molecule has 13 heteroatoms. The van der Waals surface area contributed by atoms with Crippen LogP contribution < -0.4 is 16.2 Å². The number of aliphatic hydroxyl groups excluding tert-OH is 1. The van der Waals surface area contributed by atoms with Gasteiger partial charge in [-0.25, -0.2) is 9.48 Å². The lowest BCUT2D eigenvalue weighted by Gasteiger charge is -2.31. The molecule has 6 aromatic rings. The third-order valence-electron chi connectivity index (χ3n) is 9.10. The summed E-state index contributed by atoms with van der Waals surface area (Å²) in [4.78, 5) is 30.4. The summed E-state index contributed by atoms with van der Waals surface area (Å²) in [5, 5.41) is 38.5. The van der Waals surface area contributed by atoms with Gasteiger partial charge in [-0.15, -0.1) is 16.4 Å². The summed E-state index contributed by atoms with van der Waals surface area (Å²) >= 11 is 1.59. The van der Waals surface area contributed by atoms with Crippen LogP contribution in [0.2, 0.25) is 0 Å². The SMILES string of the molecule is O=C(Nc1ccsc1-c1ccccc1)OC1CCN(CCCn2nnc3cc(CNC[C@@H](O)c4ccc(O)c5[nH]c(=O)ccc45)ccc32)CC1. The molecule has 1 atom stereocenters. The number of nitrogens with zero attached hydrogens (tertiary/aromatic N) is 4. The van der Waals surface area contributed by atoms with Crippen molar-refractivity contribution in [3.05, 3.63) is 106 Å². The van der Waals surface area contributed by atoms with Gasteiger partial charge in [0, 0.05) is 44.2 Å². The number of fused-ring (bicyclic) bond motifs is 2. The molecule has 1 aliphatic rings. The maximum absolute atomic E-state index is 12.7. The number of amides is 1. The zero-order valence-electron chi connectivity index (χ0n) is 27.4. The van der Waals surface area contributed by atoms with Gasteiger partial charge in [-0.3, -0.25) is 10.1 Å². The van der Waals surface area contributed by atoms with Crippen molar-refractivity contribution in [2.75, 3.05) is 31.5 Å². The van der Waals surface area contributed by atoms with E-state index in [2.05, 4.69) is 30.8 Å². The topological polar surface area (TPSA) is 158 Å². The quantitative estimate of drug-likeness (QED) is 0.110. The van der Waals surface area contributed by atoms with Crippen molar-refractivity contribution in [1.82, 2.24) is 30.2 Å². The number of aryl methyl sites for hydroxylation is 1. The van der Waals surface area contributed by atoms with Crippen LogP contribution in [0.5, 0.6) is 5.75 Å². The fourth-order valence-electron chi connectivity index (χ4n) is 6.51. The molecule has 3 aromatic carbocycles. The second kappa shape index (κ2) is 15.2. The summed E-state index contributed by atoms with van der Waals surface area (Å²) in [5.74, 6) is -0.0379. The predicted molar refractivity (Wildman–Crippen MR) is 194 cm³/mol. The highest BCUT2D eigenvalue weighted by atomic mass is 32.1. The lowest BCUT2D eigenvalue weighted by molar-refractivity contribution is 0.0583. The van der Waals surface area contributed by atoms with Crippen LogP contribution in [0.25, 0.3) is 32.4 Å². The Bertz CT molecular complexity index is 2140. The van der Waals surface area contributed by atoms with Crippen molar-refractivity contribution in [1.29, 1.82) is 0 Å². The lowest BCUT2D eigenvalue weighted by Crippen LogP contribution is -2.39. The van der Waals surface area contributed by atoms with Gasteiger partial charge in [-0.2, -0.15) is 0 Å². The number of hydrogen-bond acceptors (Lipinski definition) is 10. The molecule has 0 saturated carbocycles. The van der Waals surface area contributed by atoms with Crippen LogP contribution in [0, 0.1) is 0 Å². The Morgan fingerprint density at radius 2 is 1.88 bits per heavy atom. The van der Waals surface area contributed by atoms with E-state index in [0.717, 1.165) is 78.2 Å². The first kappa shape index (κ1) is 33.4. The molecule has 1 amide bonds. The number of ether oxygens (including phenoxy) is 1. The van der Waals surface area contributed by atoms with Crippen molar-refractivity contribution in [2.45, 2.75) is 44.6 Å². The summed E-state index contributed by atoms with van der Waals surface area (Å²) in [6.07, 6.45) is 1.18. The Kier molecular flexibility index (Phi) is 10.2. The number of likely N-dealkylation sites (tertiary alicyclic amines) is 1. The molecule has 0 radical (unpaired) electrons. The number of anilines is 1. The molecule has 7 rings (SSSR count). The van der Waals surface area contributed by atoms with Gasteiger partial charge in [0.1, 0.15) is 17.4 Å². The fraction of sp³-hybridized carbons (Fsp3) is 0.297. The number of aromatic nitrogens is 4. The van der Waals surface area contributed by atoms with Gasteiger partial charge >= 0.3 is 6.09 Å². The van der Waals surface area contributed by atoms with Gasteiger partial charge in [0.25, 0.3) is 0 Å². The predicted octanol–water partition coefficient (Wildman–Crippen LogP) is 5.63. The van der Waals surface area contributed by atoms with E-state index < -0.39 is 12.2 Å². The lowest BCUT2D eigenvalue weighted by atomic mass is 10.0. The summed E-state index contributed by atoms with van der Waals surface area (Å²) in [6, 6.07) is 24.1. The van der Waals surface area contributed by atoms with E-state index in [0.29, 0.717) is 23.0 Å². The van der Waals surface area contributed by atoms with Crippen LogP contribution in [0.4, 0.5) is 10.5 Å². The van der Waals surface area contributed by atoms with E-state index in [1.807, 2.05) is 64.7 Å². The largest absolute Gasteiger partial charge is 0.506 e. The van der Waals surface area contributed by atoms with Crippen LogP contribution in [-0.2, 0) is 17.8 Å². The number of aliphatic hydroxyl groups is 1. The number of nitrogens with one attached hydrogen (secondary N) is 3. The number of aromatic hydroxyl groups is 1. The van der Waals surface area contributed by atoms with E-state index in [-0.39, 0.29) is 24.0 Å². The highest BCUT2D eigenvalue weighted by Crippen LogP contribution is 2.34. The van der Waals surface area contributed by atoms with Crippen LogP contribution in [0.1, 0.15) is 36.5 Å². The van der Waals surface area contributed by atoms with Gasteiger partial charge in [-0.1, -0.05) is 47.7 Å². The molecule has 4 heterocycles. The number of phenolic OH excluding ortho intramolecular Hbond substituents is 1. The molecule has 0 bridgehead atoms. The van der Waals surface area contributed by atoms with Gasteiger partial charge < -0.3 is 30.2 Å². The number of aromatic amines is 1. The molecule has 3 aromatic heterocycles. The molecule has 1 fully saturated rings. The number of phenols is 1. The van der Waals surface area contributed by atoms with Crippen LogP contribution in [0.3, 0.4) is 0 Å². The van der Waals surface area contributed by atoms with Crippen LogP contribution in [0.15, 0.2) is 89.0 Å². The number of hydrogen-bond donors (Lipinski definition) is 5. The van der Waals surface area contributed by atoms with E-state index in [1.165, 1.54) is 12.1 Å². The average molecular weight is 694 g/mol. The Labute approximate surface area is 292 Å². The molecule has 258 valence electrons. The molecule has 12 nitrogen and oxygen atoms in total. The maximum atomic E-state index is 12.7. The molecular weight excluding hydrogens is 655 g/mol. The minimum absolute atomic E-state index is 0.0379. The van der Waals surface area contributed by atoms with E-state index >= 15 is 0 Å². The van der Waals surface area contributed by atoms with Crippen molar-refractivity contribution < 1.29 is 19.7 Å². The Hall–Kier alpha value is -5.08. The minimum Gasteiger partial charge on any atom is -0.506 e. The number of carbonyl (C=O) groups is 1. The Morgan fingerprint density at radius 1 is 1.04 bits per heavy atom. The van der Waals surface area contributed by atoms with Crippen molar-refractivity contribution in [3.8, 4) is 16.2 Å². The van der Waals surface area contributed by atoms with E-state index in [4.69, 9.17) is 4.74 Å². The zero-order chi connectivity index (χ0) is 34.5. The number of rotatable bonds is 12. The molecule has 0 aliphatic carbocycles. The van der Waals surface area contributed by atoms with Crippen molar-refractivity contribution in [3.63, 3.8) is 0 Å². The van der Waals surface area contributed by atoms with Gasteiger partial charge in [0.15, 0.2) is 0 Å². The van der Waals surface area contributed by atoms with Gasteiger partial charge in [-0.05, 0) is 78.2 Å². The molecule has 5 N–H and O–H groups in total. The third kappa shape index (κ3) is 7.71. The zero-order valence-corrected chi connectivity index (χ0v) is 28.2. The number of carbonyl (C=O) groups excluding carboxylic acids is 1. The van der Waals surface area contributed by atoms with Crippen molar-refractivity contribution >= 4 is 45.1 Å². The molecule has 1 saturated heterocycles. The van der Waals surface area contributed by atoms with E-state index in [9.17, 15) is 19.8 Å². The van der Waals surface area contributed by atoms with Crippen LogP contribution >= 0.6 is 11.3 Å². The molecule has 0 unspecified atom stereocenters. The number of piperidine rings is 1. The molecular formula is C37H39N7O5S. The summed E-state index contributed by atoms with van der Waals surface area (Å²) < 4.78 is 7.71. The van der Waals surface area contributed by atoms with Gasteiger partial charge in [0.2, 0.25) is 5.56 Å². The number of benzene rings is 3. The van der Waals surface area contributed by atoms with Crippen molar-refractivity contribution in [2.24, 2.45) is 0 Å². The smallest absolute Gasteiger partial charge is 0.411 e. The highest BCUT2D eigenvalue weighted by molar-refractivity contribution is 7.14. The second-order valence-electron chi connectivity index (χ2n) is 12.5. The first-order chi connectivity index (χ1) is 24.4. The first-order valence-corrected chi connectivity index (χ1v) is 17.7. The maximum Gasteiger partial charge on any atom is 0.411 e.